The summed E-state index contributed by atoms with van der Waals surface area (Å²) >= 11 is 0. The molecule has 0 saturated carbocycles. The van der Waals surface area contributed by atoms with Gasteiger partial charge >= 0.3 is 0 Å². The molecule has 0 fully saturated rings. The molecule has 1 heterocycles. The summed E-state index contributed by atoms with van der Waals surface area (Å²) in [4.78, 5) is 0. The van der Waals surface area contributed by atoms with Crippen molar-refractivity contribution in [2.24, 2.45) is 7.05 Å². The average Bonchev–Trinajstić information content (AvgIpc) is 2.90. The second-order valence-corrected chi connectivity index (χ2v) is 7.60. The highest BCUT2D eigenvalue weighted by molar-refractivity contribution is 4.92. The Bertz CT molecular complexity index is 375. The summed E-state index contributed by atoms with van der Waals surface area (Å²) in [7, 11) is 2.14. The first-order valence-electron chi connectivity index (χ1n) is 10.8. The Kier molecular flexibility index (Phi) is 12.9. The van der Waals surface area contributed by atoms with Gasteiger partial charge in [0, 0.05) is 6.07 Å². The number of aryl methyl sites for hydroxylation is 2. The number of aromatic nitrogens is 2. The molecule has 0 saturated heterocycles. The van der Waals surface area contributed by atoms with Crippen LogP contribution in [0.5, 0.6) is 0 Å². The Morgan fingerprint density at radius 2 is 1.12 bits per heavy atom. The molecule has 1 rings (SSSR count). The summed E-state index contributed by atoms with van der Waals surface area (Å²) in [6, 6.07) is 2.20. The number of rotatable bonds is 16. The monoisotopic (exact) mass is 335 g/mol. The number of nitrogens with zero attached hydrogens (tertiary/aromatic N) is 2. The SMILES string of the molecule is CCCCCCCCCCCCCCCCCn1c(C)cc[n+]1C. The van der Waals surface area contributed by atoms with Crippen LogP contribution in [0, 0.1) is 6.92 Å². The minimum Gasteiger partial charge on any atom is -0.158 e. The van der Waals surface area contributed by atoms with Gasteiger partial charge in [-0.3, -0.25) is 0 Å². The van der Waals surface area contributed by atoms with Gasteiger partial charge in [0.1, 0.15) is 0 Å². The molecule has 2 heteroatoms. The van der Waals surface area contributed by atoms with Crippen LogP contribution in [0.1, 0.15) is 109 Å². The molecule has 0 aliphatic heterocycles. The van der Waals surface area contributed by atoms with Crippen molar-refractivity contribution in [1.29, 1.82) is 0 Å². The molecule has 0 aromatic carbocycles. The molecular weight excluding hydrogens is 292 g/mol. The van der Waals surface area contributed by atoms with Crippen molar-refractivity contribution in [2.75, 3.05) is 0 Å². The second kappa shape index (κ2) is 14.5. The van der Waals surface area contributed by atoms with E-state index < -0.39 is 0 Å². The first kappa shape index (κ1) is 21.3. The molecule has 0 aliphatic rings. The van der Waals surface area contributed by atoms with E-state index >= 15 is 0 Å². The number of hydrogen-bond donors (Lipinski definition) is 0. The second-order valence-electron chi connectivity index (χ2n) is 7.60. The molecule has 1 aromatic rings. The maximum Gasteiger partial charge on any atom is 0.195 e. The first-order valence-corrected chi connectivity index (χ1v) is 10.8. The van der Waals surface area contributed by atoms with Crippen molar-refractivity contribution in [3.05, 3.63) is 18.0 Å². The predicted molar refractivity (Wildman–Crippen MR) is 105 cm³/mol. The number of hydrogen-bond acceptors (Lipinski definition) is 0. The van der Waals surface area contributed by atoms with Gasteiger partial charge in [0.25, 0.3) is 0 Å². The zero-order valence-electron chi connectivity index (χ0n) is 16.9. The molecule has 2 nitrogen and oxygen atoms in total. The molecule has 1 aromatic heterocycles. The fourth-order valence-corrected chi connectivity index (χ4v) is 3.60. The lowest BCUT2D eigenvalue weighted by Crippen LogP contribution is -2.38. The van der Waals surface area contributed by atoms with Gasteiger partial charge in [-0.25, -0.2) is 0 Å². The van der Waals surface area contributed by atoms with E-state index in [1.165, 1.54) is 109 Å². The van der Waals surface area contributed by atoms with Crippen molar-refractivity contribution in [1.82, 2.24) is 4.68 Å². The number of unbranched alkanes of at least 4 members (excludes halogenated alkanes) is 14. The van der Waals surface area contributed by atoms with E-state index in [1.54, 1.807) is 0 Å². The van der Waals surface area contributed by atoms with Crippen LogP contribution < -0.4 is 4.68 Å². The molecule has 0 atom stereocenters. The Morgan fingerprint density at radius 3 is 1.50 bits per heavy atom. The normalized spacial score (nSPS) is 11.3. The van der Waals surface area contributed by atoms with Crippen molar-refractivity contribution in [2.45, 2.75) is 117 Å². The summed E-state index contributed by atoms with van der Waals surface area (Å²) in [5.74, 6) is 0. The third-order valence-corrected chi connectivity index (χ3v) is 5.29. The lowest BCUT2D eigenvalue weighted by Gasteiger charge is -2.04. The van der Waals surface area contributed by atoms with E-state index in [9.17, 15) is 0 Å². The molecule has 0 unspecified atom stereocenters. The van der Waals surface area contributed by atoms with E-state index in [0.29, 0.717) is 0 Å². The molecule has 0 bridgehead atoms. The van der Waals surface area contributed by atoms with Crippen LogP contribution in [-0.4, -0.2) is 4.68 Å². The zero-order valence-corrected chi connectivity index (χ0v) is 16.9. The van der Waals surface area contributed by atoms with Crippen LogP contribution in [0.3, 0.4) is 0 Å². The smallest absolute Gasteiger partial charge is 0.158 e. The molecule has 0 amide bonds. The predicted octanol–water partition coefficient (Wildman–Crippen LogP) is 6.49. The zero-order chi connectivity index (χ0) is 17.5. The van der Waals surface area contributed by atoms with Gasteiger partial charge in [-0.15, -0.1) is 4.68 Å². The van der Waals surface area contributed by atoms with Gasteiger partial charge in [-0.05, 0) is 13.3 Å². The van der Waals surface area contributed by atoms with Gasteiger partial charge < -0.3 is 0 Å². The highest BCUT2D eigenvalue weighted by Crippen LogP contribution is 2.13. The summed E-state index contributed by atoms with van der Waals surface area (Å²) in [5, 5.41) is 0. The van der Waals surface area contributed by atoms with E-state index in [1.807, 2.05) is 0 Å². The van der Waals surface area contributed by atoms with E-state index in [0.717, 1.165) is 0 Å². The van der Waals surface area contributed by atoms with E-state index in [-0.39, 0.29) is 0 Å². The lowest BCUT2D eigenvalue weighted by atomic mass is 10.0. The van der Waals surface area contributed by atoms with Gasteiger partial charge in [0.15, 0.2) is 13.2 Å². The minimum atomic E-state index is 1.17. The van der Waals surface area contributed by atoms with Crippen LogP contribution in [0.4, 0.5) is 0 Å². The van der Waals surface area contributed by atoms with Crippen molar-refractivity contribution in [3.8, 4) is 0 Å². The first-order chi connectivity index (χ1) is 11.8. The van der Waals surface area contributed by atoms with Crippen LogP contribution in [0.15, 0.2) is 12.3 Å². The third-order valence-electron chi connectivity index (χ3n) is 5.29. The van der Waals surface area contributed by atoms with E-state index in [2.05, 4.69) is 42.5 Å². The van der Waals surface area contributed by atoms with Crippen molar-refractivity contribution < 1.29 is 4.68 Å². The van der Waals surface area contributed by atoms with Crippen molar-refractivity contribution >= 4 is 0 Å². The Hall–Kier alpha value is -0.790. The third kappa shape index (κ3) is 10.2. The Morgan fingerprint density at radius 1 is 0.708 bits per heavy atom. The summed E-state index contributed by atoms with van der Waals surface area (Å²) in [5.41, 5.74) is 1.38. The summed E-state index contributed by atoms with van der Waals surface area (Å²) < 4.78 is 4.58. The summed E-state index contributed by atoms with van der Waals surface area (Å²) in [6.45, 7) is 5.67. The molecule has 0 N–H and O–H groups in total. The van der Waals surface area contributed by atoms with Crippen LogP contribution in [-0.2, 0) is 13.6 Å². The maximum absolute atomic E-state index is 2.38. The highest BCUT2D eigenvalue weighted by atomic mass is 15.4. The fraction of sp³-hybridized carbons (Fsp3) is 0.864. The topological polar surface area (TPSA) is 8.81 Å². The Balaban J connectivity index is 1.78. The highest BCUT2D eigenvalue weighted by Gasteiger charge is 2.06. The van der Waals surface area contributed by atoms with Gasteiger partial charge in [0.2, 0.25) is 0 Å². The molecule has 0 aliphatic carbocycles. The molecule has 140 valence electrons. The maximum atomic E-state index is 2.38. The summed E-state index contributed by atoms with van der Waals surface area (Å²) in [6.07, 6.45) is 23.7. The molecule has 0 spiro atoms. The Labute approximate surface area is 151 Å². The van der Waals surface area contributed by atoms with Gasteiger partial charge in [-0.1, -0.05) is 96.8 Å². The largest absolute Gasteiger partial charge is 0.195 e. The standard InChI is InChI=1S/C22H43N2/c1-4-5-6-7-8-9-10-11-12-13-14-15-16-17-18-20-24-22(2)19-21-23(24)3/h19,21H,4-18,20H2,1-3H3/q+1. The minimum absolute atomic E-state index is 1.17. The average molecular weight is 336 g/mol. The molecular formula is C22H43N2+. The van der Waals surface area contributed by atoms with Crippen LogP contribution >= 0.6 is 0 Å². The molecule has 0 radical (unpaired) electrons. The quantitative estimate of drug-likeness (QED) is 0.241. The van der Waals surface area contributed by atoms with Crippen molar-refractivity contribution in [3.63, 3.8) is 0 Å². The molecule has 24 heavy (non-hydrogen) atoms. The lowest BCUT2D eigenvalue weighted by molar-refractivity contribution is -0.754. The van der Waals surface area contributed by atoms with Gasteiger partial charge in [-0.2, -0.15) is 4.68 Å². The fourth-order valence-electron chi connectivity index (χ4n) is 3.60. The van der Waals surface area contributed by atoms with E-state index in [4.69, 9.17) is 0 Å². The van der Waals surface area contributed by atoms with Gasteiger partial charge in [0.05, 0.1) is 12.2 Å². The van der Waals surface area contributed by atoms with Crippen LogP contribution in [0.25, 0.3) is 0 Å². The van der Waals surface area contributed by atoms with Crippen LogP contribution in [0.2, 0.25) is 0 Å².